The van der Waals surface area contributed by atoms with Gasteiger partial charge in [-0.3, -0.25) is 9.89 Å². The van der Waals surface area contributed by atoms with Gasteiger partial charge in [0.2, 0.25) is 0 Å². The van der Waals surface area contributed by atoms with Gasteiger partial charge in [0.25, 0.3) is 5.91 Å². The molecule has 0 spiro atoms. The predicted octanol–water partition coefficient (Wildman–Crippen LogP) is 2.60. The summed E-state index contributed by atoms with van der Waals surface area (Å²) in [5.74, 6) is -0.616. The van der Waals surface area contributed by atoms with E-state index in [1.165, 1.54) is 12.1 Å². The molecule has 5 rings (SSSR count). The smallest absolute Gasteiger partial charge is 0.270 e. The number of fused-ring (bicyclic) bond motifs is 3. The molecule has 142 valence electrons. The minimum atomic E-state index is -0.491. The van der Waals surface area contributed by atoms with E-state index in [0.29, 0.717) is 5.69 Å². The van der Waals surface area contributed by atoms with Crippen molar-refractivity contribution in [1.29, 1.82) is 0 Å². The number of halogens is 1. The van der Waals surface area contributed by atoms with Gasteiger partial charge in [0.15, 0.2) is 0 Å². The largest absolute Gasteiger partial charge is 0.394 e. The highest BCUT2D eigenvalue weighted by Gasteiger charge is 2.43. The van der Waals surface area contributed by atoms with E-state index in [4.69, 9.17) is 0 Å². The number of H-pyrrole nitrogens is 1. The Labute approximate surface area is 159 Å². The first-order valence-electron chi connectivity index (χ1n) is 9.05. The van der Waals surface area contributed by atoms with Crippen molar-refractivity contribution in [3.05, 3.63) is 53.7 Å². The number of aryl methyl sites for hydroxylation is 1. The van der Waals surface area contributed by atoms with Crippen LogP contribution in [0.1, 0.15) is 28.9 Å². The Hall–Kier alpha value is -3.26. The number of nitrogens with one attached hydrogen (secondary N) is 2. The van der Waals surface area contributed by atoms with E-state index >= 15 is 0 Å². The predicted molar refractivity (Wildman–Crippen MR) is 102 cm³/mol. The standard InChI is InChI=1S/C20H18FN5O2/c1-11-6-14(19(28)24-20(10-27)4-5-20)22-8-16(11)26-15-3-2-12(21)7-13(15)18-17(26)9-23-25-18/h2-3,6-9,27H,4-5,10H2,1H3,(H,23,25)(H,24,28). The average Bonchev–Trinajstić information content (AvgIpc) is 3.17. The summed E-state index contributed by atoms with van der Waals surface area (Å²) in [5.41, 5.74) is 3.81. The van der Waals surface area contributed by atoms with Crippen molar-refractivity contribution in [2.24, 2.45) is 0 Å². The summed E-state index contributed by atoms with van der Waals surface area (Å²) in [6.45, 7) is 1.83. The highest BCUT2D eigenvalue weighted by molar-refractivity contribution is 6.07. The van der Waals surface area contributed by atoms with Gasteiger partial charge in [-0.2, -0.15) is 5.10 Å². The molecule has 1 saturated carbocycles. The first kappa shape index (κ1) is 16.9. The van der Waals surface area contributed by atoms with E-state index in [9.17, 15) is 14.3 Å². The first-order chi connectivity index (χ1) is 13.5. The SMILES string of the molecule is Cc1cc(C(=O)NC2(CO)CC2)ncc1-n1c2ccc(F)cc2c2[nH]ncc21. The maximum Gasteiger partial charge on any atom is 0.270 e. The van der Waals surface area contributed by atoms with Gasteiger partial charge in [0.05, 0.1) is 46.8 Å². The van der Waals surface area contributed by atoms with Gasteiger partial charge >= 0.3 is 0 Å². The fourth-order valence-corrected chi connectivity index (χ4v) is 3.63. The summed E-state index contributed by atoms with van der Waals surface area (Å²) >= 11 is 0. The second-order valence-electron chi connectivity index (χ2n) is 7.38. The van der Waals surface area contributed by atoms with E-state index in [0.717, 1.165) is 46.0 Å². The number of aromatic amines is 1. The van der Waals surface area contributed by atoms with Crippen molar-refractivity contribution in [3.8, 4) is 5.69 Å². The van der Waals surface area contributed by atoms with Crippen LogP contribution in [-0.2, 0) is 0 Å². The molecule has 0 radical (unpaired) electrons. The van der Waals surface area contributed by atoms with Gasteiger partial charge in [-0.25, -0.2) is 9.37 Å². The maximum atomic E-state index is 13.8. The lowest BCUT2D eigenvalue weighted by Crippen LogP contribution is -2.40. The zero-order valence-electron chi connectivity index (χ0n) is 15.2. The molecule has 7 nitrogen and oxygen atoms in total. The van der Waals surface area contributed by atoms with E-state index in [-0.39, 0.29) is 18.3 Å². The van der Waals surface area contributed by atoms with Crippen LogP contribution in [0.5, 0.6) is 0 Å². The van der Waals surface area contributed by atoms with Gasteiger partial charge in [-0.15, -0.1) is 0 Å². The topological polar surface area (TPSA) is 95.8 Å². The lowest BCUT2D eigenvalue weighted by atomic mass is 10.2. The second kappa shape index (κ2) is 5.87. The maximum absolute atomic E-state index is 13.8. The average molecular weight is 379 g/mol. The highest BCUT2D eigenvalue weighted by Crippen LogP contribution is 2.35. The molecule has 0 atom stereocenters. The van der Waals surface area contributed by atoms with Crippen LogP contribution in [0, 0.1) is 12.7 Å². The first-order valence-corrected chi connectivity index (χ1v) is 9.05. The molecule has 0 unspecified atom stereocenters. The molecule has 3 heterocycles. The Bertz CT molecular complexity index is 1240. The zero-order chi connectivity index (χ0) is 19.5. The normalized spacial score (nSPS) is 15.2. The second-order valence-corrected chi connectivity index (χ2v) is 7.38. The number of aliphatic hydroxyl groups is 1. The van der Waals surface area contributed by atoms with Crippen molar-refractivity contribution in [2.45, 2.75) is 25.3 Å². The lowest BCUT2D eigenvalue weighted by Gasteiger charge is -2.15. The van der Waals surface area contributed by atoms with Crippen LogP contribution in [0.2, 0.25) is 0 Å². The quantitative estimate of drug-likeness (QED) is 0.508. The molecule has 3 aromatic heterocycles. The van der Waals surface area contributed by atoms with Gasteiger partial charge in [-0.1, -0.05) is 0 Å². The van der Waals surface area contributed by atoms with Gasteiger partial charge in [0, 0.05) is 5.39 Å². The summed E-state index contributed by atoms with van der Waals surface area (Å²) in [5, 5.41) is 20.0. The molecular formula is C20H18FN5O2. The number of rotatable bonds is 4. The molecular weight excluding hydrogens is 361 g/mol. The molecule has 28 heavy (non-hydrogen) atoms. The molecule has 1 aliphatic carbocycles. The van der Waals surface area contributed by atoms with Gasteiger partial charge in [-0.05, 0) is 49.6 Å². The summed E-state index contributed by atoms with van der Waals surface area (Å²) < 4.78 is 15.7. The number of amides is 1. The third-order valence-electron chi connectivity index (χ3n) is 5.42. The fraction of sp³-hybridized carbons (Fsp3) is 0.250. The van der Waals surface area contributed by atoms with Crippen LogP contribution >= 0.6 is 0 Å². The Balaban J connectivity index is 1.60. The van der Waals surface area contributed by atoms with Crippen LogP contribution < -0.4 is 5.32 Å². The molecule has 0 saturated heterocycles. The molecule has 3 N–H and O–H groups in total. The summed E-state index contributed by atoms with van der Waals surface area (Å²) in [7, 11) is 0. The van der Waals surface area contributed by atoms with Gasteiger partial charge in [0.1, 0.15) is 11.5 Å². The van der Waals surface area contributed by atoms with Crippen LogP contribution in [0.15, 0.2) is 36.7 Å². The number of carbonyl (C=O) groups excluding carboxylic acids is 1. The number of hydrogen-bond donors (Lipinski definition) is 3. The zero-order valence-corrected chi connectivity index (χ0v) is 15.2. The molecule has 4 aromatic rings. The van der Waals surface area contributed by atoms with Gasteiger partial charge < -0.3 is 15.0 Å². The van der Waals surface area contributed by atoms with E-state index in [1.807, 2.05) is 11.5 Å². The number of benzene rings is 1. The number of pyridine rings is 1. The van der Waals surface area contributed by atoms with Crippen LogP contribution in [0.4, 0.5) is 4.39 Å². The summed E-state index contributed by atoms with van der Waals surface area (Å²) in [6, 6.07) is 6.33. The third-order valence-corrected chi connectivity index (χ3v) is 5.42. The number of nitrogens with zero attached hydrogens (tertiary/aromatic N) is 3. The number of aromatic nitrogens is 4. The van der Waals surface area contributed by atoms with Crippen molar-refractivity contribution in [1.82, 2.24) is 25.1 Å². The molecule has 1 aliphatic rings. The summed E-state index contributed by atoms with van der Waals surface area (Å²) in [4.78, 5) is 16.8. The molecule has 0 bridgehead atoms. The molecule has 1 aromatic carbocycles. The van der Waals surface area contributed by atoms with Crippen molar-refractivity contribution in [2.75, 3.05) is 6.61 Å². The molecule has 1 amide bonds. The lowest BCUT2D eigenvalue weighted by molar-refractivity contribution is 0.0901. The van der Waals surface area contributed by atoms with E-state index in [1.54, 1.807) is 24.5 Å². The Kier molecular flexibility index (Phi) is 3.54. The highest BCUT2D eigenvalue weighted by atomic mass is 19.1. The summed E-state index contributed by atoms with van der Waals surface area (Å²) in [6.07, 6.45) is 4.87. The number of hydrogen-bond acceptors (Lipinski definition) is 4. The fourth-order valence-electron chi connectivity index (χ4n) is 3.63. The third kappa shape index (κ3) is 2.49. The van der Waals surface area contributed by atoms with Crippen molar-refractivity contribution < 1.29 is 14.3 Å². The number of carbonyl (C=O) groups is 1. The number of aliphatic hydroxyl groups excluding tert-OH is 1. The Morgan fingerprint density at radius 3 is 2.86 bits per heavy atom. The minimum Gasteiger partial charge on any atom is -0.394 e. The van der Waals surface area contributed by atoms with E-state index < -0.39 is 5.54 Å². The minimum absolute atomic E-state index is 0.0693. The van der Waals surface area contributed by atoms with Crippen molar-refractivity contribution in [3.63, 3.8) is 0 Å². The molecule has 0 aliphatic heterocycles. The van der Waals surface area contributed by atoms with Crippen LogP contribution in [-0.4, -0.2) is 42.9 Å². The van der Waals surface area contributed by atoms with Crippen LogP contribution in [0.25, 0.3) is 27.6 Å². The Morgan fingerprint density at radius 2 is 2.14 bits per heavy atom. The molecule has 1 fully saturated rings. The monoisotopic (exact) mass is 379 g/mol. The van der Waals surface area contributed by atoms with E-state index in [2.05, 4.69) is 20.5 Å². The van der Waals surface area contributed by atoms with Crippen LogP contribution in [0.3, 0.4) is 0 Å². The Morgan fingerprint density at radius 1 is 1.32 bits per heavy atom. The van der Waals surface area contributed by atoms with Crippen molar-refractivity contribution >= 4 is 27.8 Å². The molecule has 8 heteroatoms.